The van der Waals surface area contributed by atoms with Crippen LogP contribution < -0.4 is 5.32 Å². The molecular weight excluding hydrogens is 524 g/mol. The zero-order valence-electron chi connectivity index (χ0n) is 22.2. The third kappa shape index (κ3) is 17.7. The van der Waals surface area contributed by atoms with Crippen LogP contribution in [0.1, 0.15) is 26.2 Å². The largest absolute Gasteiger partial charge is 0.466 e. The van der Waals surface area contributed by atoms with Gasteiger partial charge in [0.25, 0.3) is 0 Å². The molecule has 1 aliphatic heterocycles. The zero-order valence-corrected chi connectivity index (χ0v) is 23.1. The highest BCUT2D eigenvalue weighted by atomic mass is 32.1. The molecule has 1 atom stereocenters. The molecule has 0 aromatic heterocycles. The van der Waals surface area contributed by atoms with Crippen LogP contribution in [0.2, 0.25) is 0 Å². The molecule has 0 spiro atoms. The number of amides is 3. The molecule has 0 bridgehead atoms. The van der Waals surface area contributed by atoms with Crippen molar-refractivity contribution in [3.8, 4) is 0 Å². The summed E-state index contributed by atoms with van der Waals surface area (Å²) in [5.74, 6) is -1.16. The molecule has 1 saturated heterocycles. The molecule has 1 unspecified atom stereocenters. The van der Waals surface area contributed by atoms with Crippen molar-refractivity contribution in [2.45, 2.75) is 31.4 Å². The van der Waals surface area contributed by atoms with E-state index in [-0.39, 0.29) is 49.5 Å². The Balaban J connectivity index is 1.74. The first-order chi connectivity index (χ1) is 18.5. The average molecular weight is 567 g/mol. The van der Waals surface area contributed by atoms with Gasteiger partial charge in [0.15, 0.2) is 0 Å². The Labute approximate surface area is 229 Å². The Kier molecular flexibility index (Phi) is 20.8. The van der Waals surface area contributed by atoms with Crippen molar-refractivity contribution in [2.24, 2.45) is 0 Å². The third-order valence-corrected chi connectivity index (χ3v) is 5.37. The topological polar surface area (TPSA) is 148 Å². The van der Waals surface area contributed by atoms with Crippen LogP contribution in [0.4, 0.5) is 0 Å². The maximum atomic E-state index is 11.8. The predicted molar refractivity (Wildman–Crippen MR) is 138 cm³/mol. The van der Waals surface area contributed by atoms with Gasteiger partial charge in [0.05, 0.1) is 97.6 Å². The van der Waals surface area contributed by atoms with Gasteiger partial charge in [-0.25, -0.2) is 0 Å². The molecule has 13 nitrogen and oxygen atoms in total. The molecule has 0 aromatic rings. The lowest BCUT2D eigenvalue weighted by Crippen LogP contribution is -2.36. The minimum Gasteiger partial charge on any atom is -0.466 e. The van der Waals surface area contributed by atoms with Gasteiger partial charge in [-0.05, 0) is 6.92 Å². The summed E-state index contributed by atoms with van der Waals surface area (Å²) in [6.45, 7) is 7.49. The molecule has 0 aliphatic carbocycles. The normalized spacial score (nSPS) is 15.3. The summed E-state index contributed by atoms with van der Waals surface area (Å²) in [6.07, 6.45) is 0.374. The number of hydrogen-bond acceptors (Lipinski definition) is 12. The van der Waals surface area contributed by atoms with Gasteiger partial charge in [0.2, 0.25) is 17.7 Å². The Morgan fingerprint density at radius 2 is 1.26 bits per heavy atom. The molecule has 1 heterocycles. The van der Waals surface area contributed by atoms with E-state index in [9.17, 15) is 19.2 Å². The van der Waals surface area contributed by atoms with E-state index in [0.717, 1.165) is 4.90 Å². The van der Waals surface area contributed by atoms with Crippen LogP contribution in [0.15, 0.2) is 0 Å². The molecule has 38 heavy (non-hydrogen) atoms. The van der Waals surface area contributed by atoms with E-state index in [4.69, 9.17) is 33.2 Å². The average Bonchev–Trinajstić information content (AvgIpc) is 3.13. The first kappa shape index (κ1) is 34.2. The number of esters is 1. The summed E-state index contributed by atoms with van der Waals surface area (Å²) >= 11 is 4.04. The molecule has 0 saturated carbocycles. The molecule has 1 fully saturated rings. The van der Waals surface area contributed by atoms with Gasteiger partial charge in [-0.2, -0.15) is 12.6 Å². The second kappa shape index (κ2) is 23.1. The fourth-order valence-corrected chi connectivity index (χ4v) is 3.35. The van der Waals surface area contributed by atoms with Crippen molar-refractivity contribution >= 4 is 36.3 Å². The number of carbonyl (C=O) groups is 4. The number of carbonyl (C=O) groups excluding carboxylic acids is 4. The van der Waals surface area contributed by atoms with E-state index in [1.165, 1.54) is 0 Å². The van der Waals surface area contributed by atoms with Crippen LogP contribution in [0.3, 0.4) is 0 Å². The van der Waals surface area contributed by atoms with Gasteiger partial charge in [0.1, 0.15) is 0 Å². The summed E-state index contributed by atoms with van der Waals surface area (Å²) < 4.78 is 37.0. The van der Waals surface area contributed by atoms with Crippen LogP contribution in [0, 0.1) is 0 Å². The number of thiol groups is 1. The monoisotopic (exact) mass is 566 g/mol. The minimum atomic E-state index is -0.604. The van der Waals surface area contributed by atoms with E-state index in [1.807, 2.05) is 0 Å². The summed E-state index contributed by atoms with van der Waals surface area (Å²) in [4.78, 5) is 47.4. The van der Waals surface area contributed by atoms with Crippen LogP contribution >= 0.6 is 12.6 Å². The van der Waals surface area contributed by atoms with E-state index in [0.29, 0.717) is 92.4 Å². The molecule has 1 aliphatic rings. The van der Waals surface area contributed by atoms with Crippen LogP contribution in [0.25, 0.3) is 0 Å². The van der Waals surface area contributed by atoms with Gasteiger partial charge in [-0.1, -0.05) is 0 Å². The fourth-order valence-electron chi connectivity index (χ4n) is 3.06. The molecule has 0 aromatic carbocycles. The predicted octanol–water partition coefficient (Wildman–Crippen LogP) is -0.397. The molecule has 1 rings (SSSR count). The number of ether oxygens (including phenoxy) is 7. The number of hydrogen-bond donors (Lipinski definition) is 2. The van der Waals surface area contributed by atoms with Crippen LogP contribution in [0.5, 0.6) is 0 Å². The smallest absolute Gasteiger partial charge is 0.308 e. The maximum Gasteiger partial charge on any atom is 0.308 e. The summed E-state index contributed by atoms with van der Waals surface area (Å²) in [5, 5.41) is 2.07. The lowest BCUT2D eigenvalue weighted by atomic mass is 10.3. The number of likely N-dealkylation sites (tertiary alicyclic amines) is 1. The first-order valence-corrected chi connectivity index (χ1v) is 13.4. The molecule has 0 radical (unpaired) electrons. The lowest BCUT2D eigenvalue weighted by molar-refractivity contribution is -0.144. The van der Waals surface area contributed by atoms with Crippen molar-refractivity contribution in [3.63, 3.8) is 0 Å². The minimum absolute atomic E-state index is 0.0518. The van der Waals surface area contributed by atoms with Gasteiger partial charge in [0, 0.05) is 25.9 Å². The Morgan fingerprint density at radius 3 is 1.71 bits per heavy atom. The van der Waals surface area contributed by atoms with E-state index in [1.54, 1.807) is 6.92 Å². The third-order valence-electron chi connectivity index (χ3n) is 4.97. The number of rotatable bonds is 25. The summed E-state index contributed by atoms with van der Waals surface area (Å²) in [5.41, 5.74) is 0. The van der Waals surface area contributed by atoms with Crippen molar-refractivity contribution in [1.29, 1.82) is 0 Å². The maximum absolute atomic E-state index is 11.8. The molecule has 14 heteroatoms. The SMILES string of the molecule is CCOC(=O)CCOCCOCCOCCOCCOCCOCCNC(=O)CCN1C(=O)CC(S)C1=O. The van der Waals surface area contributed by atoms with E-state index < -0.39 is 5.25 Å². The number of nitrogens with zero attached hydrogens (tertiary/aromatic N) is 1. The standard InChI is InChI=1S/C24H42N2O11S/c1-2-37-23(29)4-7-31-9-11-33-13-15-35-17-18-36-16-14-34-12-10-32-8-5-25-21(27)3-6-26-22(28)19-20(38)24(26)30/h20,38H,2-19H2,1H3,(H,25,27). The van der Waals surface area contributed by atoms with Crippen LogP contribution in [-0.4, -0.2) is 133 Å². The molecular formula is C24H42N2O11S. The highest BCUT2D eigenvalue weighted by molar-refractivity contribution is 7.81. The number of imide groups is 1. The molecule has 220 valence electrons. The first-order valence-electron chi connectivity index (χ1n) is 12.9. The van der Waals surface area contributed by atoms with E-state index >= 15 is 0 Å². The van der Waals surface area contributed by atoms with Crippen molar-refractivity contribution in [3.05, 3.63) is 0 Å². The van der Waals surface area contributed by atoms with Gasteiger partial charge in [-0.3, -0.25) is 24.1 Å². The lowest BCUT2D eigenvalue weighted by Gasteiger charge is -2.13. The summed E-state index contributed by atoms with van der Waals surface area (Å²) in [6, 6.07) is 0. The van der Waals surface area contributed by atoms with Crippen molar-refractivity contribution in [2.75, 3.05) is 99.0 Å². The van der Waals surface area contributed by atoms with Crippen molar-refractivity contribution in [1.82, 2.24) is 10.2 Å². The van der Waals surface area contributed by atoms with Crippen molar-refractivity contribution < 1.29 is 52.3 Å². The highest BCUT2D eigenvalue weighted by Crippen LogP contribution is 2.17. The Hall–Kier alpha value is -1.81. The zero-order chi connectivity index (χ0) is 27.8. The van der Waals surface area contributed by atoms with Gasteiger partial charge >= 0.3 is 5.97 Å². The van der Waals surface area contributed by atoms with Gasteiger partial charge in [-0.15, -0.1) is 0 Å². The highest BCUT2D eigenvalue weighted by Gasteiger charge is 2.36. The Morgan fingerprint density at radius 1 is 0.789 bits per heavy atom. The van der Waals surface area contributed by atoms with Gasteiger partial charge < -0.3 is 38.5 Å². The number of nitrogens with one attached hydrogen (secondary N) is 1. The second-order valence-corrected chi connectivity index (χ2v) is 8.56. The van der Waals surface area contributed by atoms with E-state index in [2.05, 4.69) is 17.9 Å². The molecule has 3 amide bonds. The fraction of sp³-hybridized carbons (Fsp3) is 0.833. The summed E-state index contributed by atoms with van der Waals surface area (Å²) in [7, 11) is 0. The molecule has 1 N–H and O–H groups in total. The van der Waals surface area contributed by atoms with Crippen LogP contribution in [-0.2, 0) is 52.3 Å². The Bertz CT molecular complexity index is 684. The second-order valence-electron chi connectivity index (χ2n) is 7.93. The quantitative estimate of drug-likeness (QED) is 0.0644.